The Hall–Kier alpha value is -2.87. The number of pyridine rings is 1. The number of anilines is 1. The van der Waals surface area contributed by atoms with Crippen molar-refractivity contribution in [2.45, 2.75) is 13.0 Å². The number of thiazole rings is 1. The Labute approximate surface area is 186 Å². The van der Waals surface area contributed by atoms with E-state index in [1.807, 2.05) is 31.2 Å². The highest BCUT2D eigenvalue weighted by Crippen LogP contribution is 2.32. The van der Waals surface area contributed by atoms with Crippen LogP contribution in [-0.4, -0.2) is 16.1 Å². The third-order valence-corrected chi connectivity index (χ3v) is 5.41. The lowest BCUT2D eigenvalue weighted by molar-refractivity contribution is 0.215. The van der Waals surface area contributed by atoms with Crippen molar-refractivity contribution >= 4 is 56.0 Å². The van der Waals surface area contributed by atoms with Gasteiger partial charge in [-0.1, -0.05) is 52.7 Å². The Balaban J connectivity index is 1.46. The van der Waals surface area contributed by atoms with Crippen molar-refractivity contribution in [3.05, 3.63) is 76.5 Å². The molecule has 4 aromatic rings. The number of aromatic nitrogens is 2. The molecule has 0 saturated carbocycles. The number of carbonyl (C=O) groups excluding carboxylic acids is 1. The molecule has 9 heteroatoms. The highest BCUT2D eigenvalue weighted by Gasteiger charge is 2.13. The molecule has 2 aromatic carbocycles. The van der Waals surface area contributed by atoms with Crippen LogP contribution in [-0.2, 0) is 0 Å². The minimum atomic E-state index is -0.600. The predicted molar refractivity (Wildman–Crippen MR) is 119 cm³/mol. The van der Waals surface area contributed by atoms with Gasteiger partial charge < -0.3 is 9.47 Å². The summed E-state index contributed by atoms with van der Waals surface area (Å²) >= 11 is 13.3. The molecule has 152 valence electrons. The predicted octanol–water partition coefficient (Wildman–Crippen LogP) is 6.75. The van der Waals surface area contributed by atoms with Crippen molar-refractivity contribution in [2.24, 2.45) is 0 Å². The molecule has 0 aliphatic carbocycles. The van der Waals surface area contributed by atoms with Gasteiger partial charge in [0, 0.05) is 0 Å². The minimum Gasteiger partial charge on any atom is -0.486 e. The zero-order chi connectivity index (χ0) is 21.1. The lowest BCUT2D eigenvalue weighted by atomic mass is 10.2. The summed E-state index contributed by atoms with van der Waals surface area (Å²) in [7, 11) is 0. The zero-order valence-electron chi connectivity index (χ0n) is 15.6. The maximum absolute atomic E-state index is 12.1. The smallest absolute Gasteiger partial charge is 0.418 e. The summed E-state index contributed by atoms with van der Waals surface area (Å²) in [4.78, 5) is 20.4. The highest BCUT2D eigenvalue weighted by atomic mass is 35.5. The van der Waals surface area contributed by atoms with Gasteiger partial charge in [-0.25, -0.2) is 14.8 Å². The quantitative estimate of drug-likeness (QED) is 0.334. The number of hydrogen-bond acceptors (Lipinski definition) is 6. The summed E-state index contributed by atoms with van der Waals surface area (Å²) in [5.41, 5.74) is 1.56. The van der Waals surface area contributed by atoms with Crippen LogP contribution in [0.4, 0.5) is 9.93 Å². The van der Waals surface area contributed by atoms with E-state index in [1.54, 1.807) is 36.4 Å². The van der Waals surface area contributed by atoms with Gasteiger partial charge >= 0.3 is 6.09 Å². The Morgan fingerprint density at radius 1 is 1.00 bits per heavy atom. The normalized spacial score (nSPS) is 11.8. The van der Waals surface area contributed by atoms with Gasteiger partial charge in [-0.2, -0.15) is 0 Å². The second-order valence-electron chi connectivity index (χ2n) is 6.28. The number of nitrogens with one attached hydrogen (secondary N) is 1. The fraction of sp³-hybridized carbons (Fsp3) is 0.0952. The molecule has 0 radical (unpaired) electrons. The molecule has 0 saturated heterocycles. The number of ether oxygens (including phenoxy) is 2. The first kappa shape index (κ1) is 20.4. The molecule has 4 rings (SSSR count). The van der Waals surface area contributed by atoms with Crippen LogP contribution in [0.25, 0.3) is 10.2 Å². The first-order valence-electron chi connectivity index (χ1n) is 8.90. The molecule has 1 atom stereocenters. The van der Waals surface area contributed by atoms with Crippen molar-refractivity contribution in [3.8, 4) is 11.5 Å². The van der Waals surface area contributed by atoms with Crippen LogP contribution in [0.2, 0.25) is 10.3 Å². The number of carbonyl (C=O) groups is 1. The number of halogens is 2. The van der Waals surface area contributed by atoms with Gasteiger partial charge in [0.05, 0.1) is 10.2 Å². The number of rotatable bonds is 5. The Kier molecular flexibility index (Phi) is 6.03. The second kappa shape index (κ2) is 8.87. The molecule has 30 heavy (non-hydrogen) atoms. The Morgan fingerprint density at radius 3 is 2.47 bits per heavy atom. The van der Waals surface area contributed by atoms with E-state index in [4.69, 9.17) is 32.7 Å². The maximum Gasteiger partial charge on any atom is 0.418 e. The fourth-order valence-corrected chi connectivity index (χ4v) is 4.09. The first-order valence-corrected chi connectivity index (χ1v) is 10.5. The highest BCUT2D eigenvalue weighted by molar-refractivity contribution is 7.22. The largest absolute Gasteiger partial charge is 0.486 e. The number of amides is 1. The number of hydrogen-bond donors (Lipinski definition) is 1. The molecular formula is C21H15Cl2N3O3S. The van der Waals surface area contributed by atoms with Gasteiger partial charge in [0.15, 0.2) is 5.13 Å². The van der Waals surface area contributed by atoms with Crippen molar-refractivity contribution < 1.29 is 14.3 Å². The van der Waals surface area contributed by atoms with Crippen LogP contribution >= 0.6 is 34.5 Å². The van der Waals surface area contributed by atoms with Crippen LogP contribution in [0.3, 0.4) is 0 Å². The standard InChI is InChI=1S/C21H15Cl2N3O3S/c1-12(13-9-18(22)25-19(23)10-13)28-15-7-8-16-17(11-15)30-20(24-16)26-21(27)29-14-5-3-2-4-6-14/h2-12H,1H3,(H,24,26,27). The van der Waals surface area contributed by atoms with Crippen LogP contribution in [0.5, 0.6) is 11.5 Å². The average Bonchev–Trinajstić information content (AvgIpc) is 3.09. The van der Waals surface area contributed by atoms with E-state index in [0.717, 1.165) is 15.8 Å². The molecule has 1 unspecified atom stereocenters. The van der Waals surface area contributed by atoms with Gasteiger partial charge in [0.1, 0.15) is 27.9 Å². The number of fused-ring (bicyclic) bond motifs is 1. The lowest BCUT2D eigenvalue weighted by Crippen LogP contribution is -2.16. The van der Waals surface area contributed by atoms with Gasteiger partial charge in [0.2, 0.25) is 0 Å². The third kappa shape index (κ3) is 4.99. The Bertz CT molecular complexity index is 1180. The monoisotopic (exact) mass is 459 g/mol. The number of nitrogens with zero attached hydrogens (tertiary/aromatic N) is 2. The van der Waals surface area contributed by atoms with Crippen molar-refractivity contribution in [1.29, 1.82) is 0 Å². The van der Waals surface area contributed by atoms with E-state index in [1.165, 1.54) is 11.3 Å². The summed E-state index contributed by atoms with van der Waals surface area (Å²) in [6, 6.07) is 17.7. The summed E-state index contributed by atoms with van der Waals surface area (Å²) in [5.74, 6) is 1.11. The van der Waals surface area contributed by atoms with Crippen LogP contribution in [0.1, 0.15) is 18.6 Å². The third-order valence-electron chi connectivity index (χ3n) is 4.09. The Morgan fingerprint density at radius 2 is 1.73 bits per heavy atom. The van der Waals surface area contributed by atoms with Gasteiger partial charge in [-0.3, -0.25) is 5.32 Å². The van der Waals surface area contributed by atoms with Crippen LogP contribution in [0, 0.1) is 0 Å². The molecule has 2 heterocycles. The zero-order valence-corrected chi connectivity index (χ0v) is 18.0. The van der Waals surface area contributed by atoms with E-state index in [9.17, 15) is 4.79 Å². The lowest BCUT2D eigenvalue weighted by Gasteiger charge is -2.15. The van der Waals surface area contributed by atoms with Crippen molar-refractivity contribution in [3.63, 3.8) is 0 Å². The SMILES string of the molecule is CC(Oc1ccc2nc(NC(=O)Oc3ccccc3)sc2c1)c1cc(Cl)nc(Cl)c1. The maximum atomic E-state index is 12.1. The summed E-state index contributed by atoms with van der Waals surface area (Å²) in [6.45, 7) is 1.89. The van der Waals surface area contributed by atoms with Crippen molar-refractivity contribution in [1.82, 2.24) is 9.97 Å². The topological polar surface area (TPSA) is 73.3 Å². The van der Waals surface area contributed by atoms with E-state index < -0.39 is 6.09 Å². The van der Waals surface area contributed by atoms with E-state index in [0.29, 0.717) is 26.9 Å². The molecule has 1 N–H and O–H groups in total. The van der Waals surface area contributed by atoms with Gasteiger partial charge in [-0.15, -0.1) is 0 Å². The molecule has 0 spiro atoms. The van der Waals surface area contributed by atoms with Crippen molar-refractivity contribution in [2.75, 3.05) is 5.32 Å². The second-order valence-corrected chi connectivity index (χ2v) is 8.09. The molecule has 0 fully saturated rings. The molecule has 0 bridgehead atoms. The van der Waals surface area contributed by atoms with Crippen LogP contribution in [0.15, 0.2) is 60.7 Å². The van der Waals surface area contributed by atoms with E-state index in [-0.39, 0.29) is 6.10 Å². The minimum absolute atomic E-state index is 0.285. The molecular weight excluding hydrogens is 445 g/mol. The molecule has 0 aliphatic rings. The first-order chi connectivity index (χ1) is 14.5. The summed E-state index contributed by atoms with van der Waals surface area (Å²) < 4.78 is 12.1. The molecule has 1 amide bonds. The van der Waals surface area contributed by atoms with Crippen LogP contribution < -0.4 is 14.8 Å². The summed E-state index contributed by atoms with van der Waals surface area (Å²) in [5, 5.41) is 3.70. The number of para-hydroxylation sites is 1. The van der Waals surface area contributed by atoms with E-state index in [2.05, 4.69) is 15.3 Å². The summed E-state index contributed by atoms with van der Waals surface area (Å²) in [6.07, 6.45) is -0.886. The molecule has 0 aliphatic heterocycles. The van der Waals surface area contributed by atoms with E-state index >= 15 is 0 Å². The van der Waals surface area contributed by atoms with Gasteiger partial charge in [0.25, 0.3) is 0 Å². The molecule has 6 nitrogen and oxygen atoms in total. The number of benzene rings is 2. The fourth-order valence-electron chi connectivity index (χ4n) is 2.73. The average molecular weight is 460 g/mol. The van der Waals surface area contributed by atoms with Gasteiger partial charge in [-0.05, 0) is 55.0 Å². The molecule has 2 aromatic heterocycles.